The van der Waals surface area contributed by atoms with E-state index in [1.807, 2.05) is 0 Å². The largest absolute Gasteiger partial charge is 0.469 e. The molecule has 0 saturated heterocycles. The Bertz CT molecular complexity index is 128. The maximum absolute atomic E-state index is 10.7. The summed E-state index contributed by atoms with van der Waals surface area (Å²) in [7, 11) is 3.10. The van der Waals surface area contributed by atoms with Gasteiger partial charge in [-0.25, -0.2) is 0 Å². The van der Waals surface area contributed by atoms with Crippen LogP contribution in [0.2, 0.25) is 0 Å². The van der Waals surface area contributed by atoms with Crippen LogP contribution in [-0.2, 0) is 14.3 Å². The average Bonchev–Trinajstić information content (AvgIpc) is 2.16. The van der Waals surface area contributed by atoms with Crippen LogP contribution in [0.5, 0.6) is 0 Å². The second-order valence-electron chi connectivity index (χ2n) is 2.78. The van der Waals surface area contributed by atoms with E-state index in [9.17, 15) is 4.79 Å². The predicted molar refractivity (Wildman–Crippen MR) is 50.6 cm³/mol. The first-order valence-electron chi connectivity index (χ1n) is 4.57. The van der Waals surface area contributed by atoms with Crippen LogP contribution in [-0.4, -0.2) is 39.9 Å². The number of ether oxygens (including phenoxy) is 2. The number of carbonyl (C=O) groups is 1. The molecule has 13 heavy (non-hydrogen) atoms. The molecule has 0 unspecified atom stereocenters. The first-order chi connectivity index (χ1) is 6.31. The van der Waals surface area contributed by atoms with Gasteiger partial charge in [-0.2, -0.15) is 0 Å². The molecule has 0 aliphatic heterocycles. The van der Waals surface area contributed by atoms with Gasteiger partial charge in [-0.1, -0.05) is 0 Å². The van der Waals surface area contributed by atoms with E-state index in [0.717, 1.165) is 26.0 Å². The molecule has 4 nitrogen and oxygen atoms in total. The SMILES string of the molecule is COCCCCNCCC(=O)OC. The molecule has 0 saturated carbocycles. The first kappa shape index (κ1) is 12.4. The molecule has 0 atom stereocenters. The summed E-state index contributed by atoms with van der Waals surface area (Å²) in [6.07, 6.45) is 2.58. The van der Waals surface area contributed by atoms with Gasteiger partial charge in [0.25, 0.3) is 0 Å². The Morgan fingerprint density at radius 2 is 2.00 bits per heavy atom. The average molecular weight is 189 g/mol. The summed E-state index contributed by atoms with van der Waals surface area (Å²) in [6.45, 7) is 2.43. The van der Waals surface area contributed by atoms with Gasteiger partial charge >= 0.3 is 5.97 Å². The van der Waals surface area contributed by atoms with Crippen LogP contribution < -0.4 is 5.32 Å². The third kappa shape index (κ3) is 9.30. The lowest BCUT2D eigenvalue weighted by molar-refractivity contribution is -0.140. The fourth-order valence-electron chi connectivity index (χ4n) is 0.914. The van der Waals surface area contributed by atoms with Crippen molar-refractivity contribution >= 4 is 5.97 Å². The summed E-state index contributed by atoms with van der Waals surface area (Å²) < 4.78 is 9.40. The Hall–Kier alpha value is -0.610. The molecule has 0 amide bonds. The van der Waals surface area contributed by atoms with Crippen LogP contribution in [0.25, 0.3) is 0 Å². The lowest BCUT2D eigenvalue weighted by Gasteiger charge is -2.03. The second-order valence-corrected chi connectivity index (χ2v) is 2.78. The van der Waals surface area contributed by atoms with Gasteiger partial charge in [-0.15, -0.1) is 0 Å². The minimum Gasteiger partial charge on any atom is -0.469 e. The zero-order chi connectivity index (χ0) is 9.94. The number of hydrogen-bond acceptors (Lipinski definition) is 4. The van der Waals surface area contributed by atoms with Crippen molar-refractivity contribution in [1.82, 2.24) is 5.32 Å². The molecular weight excluding hydrogens is 170 g/mol. The topological polar surface area (TPSA) is 47.6 Å². The summed E-state index contributed by atoms with van der Waals surface area (Å²) >= 11 is 0. The van der Waals surface area contributed by atoms with E-state index in [-0.39, 0.29) is 5.97 Å². The smallest absolute Gasteiger partial charge is 0.306 e. The Morgan fingerprint density at radius 1 is 1.23 bits per heavy atom. The van der Waals surface area contributed by atoms with Crippen molar-refractivity contribution in [3.05, 3.63) is 0 Å². The van der Waals surface area contributed by atoms with Gasteiger partial charge < -0.3 is 14.8 Å². The normalized spacial score (nSPS) is 10.0. The van der Waals surface area contributed by atoms with Crippen LogP contribution in [0.15, 0.2) is 0 Å². The number of esters is 1. The first-order valence-corrected chi connectivity index (χ1v) is 4.57. The van der Waals surface area contributed by atoms with Crippen molar-refractivity contribution in [2.45, 2.75) is 19.3 Å². The lowest BCUT2D eigenvalue weighted by atomic mass is 10.3. The Morgan fingerprint density at radius 3 is 2.62 bits per heavy atom. The number of nitrogens with one attached hydrogen (secondary N) is 1. The van der Waals surface area contributed by atoms with Crippen LogP contribution in [0, 0.1) is 0 Å². The molecule has 0 heterocycles. The minimum absolute atomic E-state index is 0.163. The van der Waals surface area contributed by atoms with Gasteiger partial charge in [0, 0.05) is 20.3 Å². The predicted octanol–water partition coefficient (Wildman–Crippen LogP) is 0.566. The van der Waals surface area contributed by atoms with E-state index in [1.54, 1.807) is 7.11 Å². The summed E-state index contributed by atoms with van der Waals surface area (Å²) in [5, 5.41) is 3.15. The summed E-state index contributed by atoms with van der Waals surface area (Å²) in [5.74, 6) is -0.163. The van der Waals surface area contributed by atoms with Crippen molar-refractivity contribution in [1.29, 1.82) is 0 Å². The third-order valence-corrected chi connectivity index (χ3v) is 1.69. The Labute approximate surface area is 79.6 Å². The third-order valence-electron chi connectivity index (χ3n) is 1.69. The zero-order valence-electron chi connectivity index (χ0n) is 8.47. The van der Waals surface area contributed by atoms with E-state index in [0.29, 0.717) is 13.0 Å². The van der Waals surface area contributed by atoms with Gasteiger partial charge in [0.15, 0.2) is 0 Å². The molecule has 1 N–H and O–H groups in total. The number of unbranched alkanes of at least 4 members (excludes halogenated alkanes) is 1. The molecule has 0 fully saturated rings. The second kappa shape index (κ2) is 9.48. The molecule has 0 rings (SSSR count). The summed E-state index contributed by atoms with van der Waals surface area (Å²) in [5.41, 5.74) is 0. The van der Waals surface area contributed by atoms with Crippen molar-refractivity contribution < 1.29 is 14.3 Å². The standard InChI is InChI=1S/C9H19NO3/c1-12-8-4-3-6-10-7-5-9(11)13-2/h10H,3-8H2,1-2H3. The van der Waals surface area contributed by atoms with Gasteiger partial charge in [-0.3, -0.25) is 4.79 Å². The van der Waals surface area contributed by atoms with Crippen molar-refractivity contribution in [2.75, 3.05) is 33.9 Å². The molecule has 0 aromatic rings. The quantitative estimate of drug-likeness (QED) is 0.448. The number of carbonyl (C=O) groups excluding carboxylic acids is 1. The highest BCUT2D eigenvalue weighted by atomic mass is 16.5. The van der Waals surface area contributed by atoms with Crippen LogP contribution in [0.3, 0.4) is 0 Å². The molecule has 0 radical (unpaired) electrons. The maximum atomic E-state index is 10.7. The monoisotopic (exact) mass is 189 g/mol. The van der Waals surface area contributed by atoms with Crippen LogP contribution in [0.4, 0.5) is 0 Å². The zero-order valence-corrected chi connectivity index (χ0v) is 8.47. The number of rotatable bonds is 8. The summed E-state index contributed by atoms with van der Waals surface area (Å²) in [4.78, 5) is 10.7. The maximum Gasteiger partial charge on any atom is 0.306 e. The van der Waals surface area contributed by atoms with Gasteiger partial charge in [-0.05, 0) is 19.4 Å². The van der Waals surface area contributed by atoms with Crippen molar-refractivity contribution in [3.8, 4) is 0 Å². The van der Waals surface area contributed by atoms with Gasteiger partial charge in [0.2, 0.25) is 0 Å². The molecule has 4 heteroatoms. The molecule has 78 valence electrons. The van der Waals surface area contributed by atoms with Crippen molar-refractivity contribution in [2.24, 2.45) is 0 Å². The lowest BCUT2D eigenvalue weighted by Crippen LogP contribution is -2.20. The van der Waals surface area contributed by atoms with Crippen LogP contribution in [0.1, 0.15) is 19.3 Å². The fraction of sp³-hybridized carbons (Fsp3) is 0.889. The van der Waals surface area contributed by atoms with Gasteiger partial charge in [0.1, 0.15) is 0 Å². The minimum atomic E-state index is -0.163. The molecular formula is C9H19NO3. The molecule has 0 bridgehead atoms. The molecule has 0 aromatic heterocycles. The highest BCUT2D eigenvalue weighted by molar-refractivity contribution is 5.69. The molecule has 0 aliphatic carbocycles. The van der Waals surface area contributed by atoms with Crippen molar-refractivity contribution in [3.63, 3.8) is 0 Å². The van der Waals surface area contributed by atoms with E-state index in [4.69, 9.17) is 4.74 Å². The van der Waals surface area contributed by atoms with E-state index >= 15 is 0 Å². The Balaban J connectivity index is 2.95. The molecule has 0 aromatic carbocycles. The van der Waals surface area contributed by atoms with E-state index < -0.39 is 0 Å². The highest BCUT2D eigenvalue weighted by Gasteiger charge is 1.97. The number of methoxy groups -OCH3 is 2. The molecule has 0 spiro atoms. The summed E-state index contributed by atoms with van der Waals surface area (Å²) in [6, 6.07) is 0. The van der Waals surface area contributed by atoms with Crippen LogP contribution >= 0.6 is 0 Å². The highest BCUT2D eigenvalue weighted by Crippen LogP contribution is 1.87. The fourth-order valence-corrected chi connectivity index (χ4v) is 0.914. The van der Waals surface area contributed by atoms with Gasteiger partial charge in [0.05, 0.1) is 13.5 Å². The van der Waals surface area contributed by atoms with E-state index in [1.165, 1.54) is 7.11 Å². The molecule has 0 aliphatic rings. The number of hydrogen-bond donors (Lipinski definition) is 1. The van der Waals surface area contributed by atoms with E-state index in [2.05, 4.69) is 10.1 Å². The Kier molecular flexibility index (Phi) is 9.03.